The molecular formula is C19H18FN3O3. The molecule has 26 heavy (non-hydrogen) atoms. The Morgan fingerprint density at radius 3 is 2.69 bits per heavy atom. The normalized spacial score (nSPS) is 16.5. The highest BCUT2D eigenvalue weighted by Crippen LogP contribution is 2.25. The molecule has 0 aromatic heterocycles. The fraction of sp³-hybridized carbons (Fsp3) is 0.211. The molecule has 1 heterocycles. The number of nitrogens with zero attached hydrogens (tertiary/aromatic N) is 1. The molecule has 2 aromatic carbocycles. The van der Waals surface area contributed by atoms with Crippen molar-refractivity contribution in [3.63, 3.8) is 0 Å². The highest BCUT2D eigenvalue weighted by molar-refractivity contribution is 6.10. The van der Waals surface area contributed by atoms with E-state index in [1.807, 2.05) is 19.1 Å². The van der Waals surface area contributed by atoms with E-state index >= 15 is 0 Å². The second-order valence-corrected chi connectivity index (χ2v) is 5.68. The molecule has 7 heteroatoms. The minimum Gasteiger partial charge on any atom is -0.494 e. The van der Waals surface area contributed by atoms with Crippen LogP contribution in [-0.2, 0) is 4.79 Å². The number of carbonyl (C=O) groups excluding carboxylic acids is 2. The molecular weight excluding hydrogens is 337 g/mol. The lowest BCUT2D eigenvalue weighted by atomic mass is 10.0. The molecule has 2 amide bonds. The Balaban J connectivity index is 1.78. The minimum atomic E-state index is -0.672. The Bertz CT molecular complexity index is 849. The molecule has 2 aromatic rings. The van der Waals surface area contributed by atoms with Crippen LogP contribution in [0.3, 0.4) is 0 Å². The third-order valence-electron chi connectivity index (χ3n) is 3.85. The largest absolute Gasteiger partial charge is 0.494 e. The van der Waals surface area contributed by atoms with Crippen LogP contribution in [0.25, 0.3) is 0 Å². The summed E-state index contributed by atoms with van der Waals surface area (Å²) >= 11 is 0. The van der Waals surface area contributed by atoms with Crippen LogP contribution in [0.4, 0.5) is 4.39 Å². The van der Waals surface area contributed by atoms with Gasteiger partial charge in [0.05, 0.1) is 24.6 Å². The standard InChI is InChI=1S/C19H18FN3O3/c1-2-26-13-9-7-12(8-10-13)16-11-17(24)22-19(21-16)23-18(25)14-5-3-4-6-15(14)20/h3-10,16H,2,11H2,1H3,(H2,21,22,23,24,25). The average molecular weight is 355 g/mol. The summed E-state index contributed by atoms with van der Waals surface area (Å²) in [4.78, 5) is 28.5. The number of ether oxygens (including phenoxy) is 1. The summed E-state index contributed by atoms with van der Waals surface area (Å²) < 4.78 is 19.1. The Morgan fingerprint density at radius 2 is 2.00 bits per heavy atom. The maximum atomic E-state index is 13.7. The summed E-state index contributed by atoms with van der Waals surface area (Å²) in [6.07, 6.45) is 0.160. The van der Waals surface area contributed by atoms with Gasteiger partial charge in [-0.2, -0.15) is 0 Å². The number of benzene rings is 2. The second kappa shape index (κ2) is 7.77. The zero-order valence-corrected chi connectivity index (χ0v) is 14.2. The van der Waals surface area contributed by atoms with Gasteiger partial charge in [-0.15, -0.1) is 0 Å². The number of nitrogens with one attached hydrogen (secondary N) is 2. The molecule has 1 aliphatic heterocycles. The van der Waals surface area contributed by atoms with E-state index in [4.69, 9.17) is 4.74 Å². The summed E-state index contributed by atoms with van der Waals surface area (Å²) in [7, 11) is 0. The van der Waals surface area contributed by atoms with E-state index in [0.717, 1.165) is 11.3 Å². The fourth-order valence-corrected chi connectivity index (χ4v) is 2.62. The number of guanidine groups is 1. The fourth-order valence-electron chi connectivity index (χ4n) is 2.62. The first kappa shape index (κ1) is 17.6. The van der Waals surface area contributed by atoms with Crippen LogP contribution in [0.1, 0.15) is 35.3 Å². The smallest absolute Gasteiger partial charge is 0.260 e. The van der Waals surface area contributed by atoms with Gasteiger partial charge in [-0.3, -0.25) is 20.2 Å². The molecule has 0 saturated heterocycles. The molecule has 0 saturated carbocycles. The average Bonchev–Trinajstić information content (AvgIpc) is 2.62. The molecule has 1 aliphatic rings. The van der Waals surface area contributed by atoms with Crippen LogP contribution < -0.4 is 15.4 Å². The molecule has 0 aliphatic carbocycles. The lowest BCUT2D eigenvalue weighted by Crippen LogP contribution is -2.47. The van der Waals surface area contributed by atoms with Gasteiger partial charge in [0.15, 0.2) is 0 Å². The summed E-state index contributed by atoms with van der Waals surface area (Å²) in [6, 6.07) is 12.4. The van der Waals surface area contributed by atoms with Crippen molar-refractivity contribution in [1.82, 2.24) is 10.6 Å². The van der Waals surface area contributed by atoms with Gasteiger partial charge in [0.25, 0.3) is 5.91 Å². The van der Waals surface area contributed by atoms with Crippen LogP contribution in [-0.4, -0.2) is 24.4 Å². The zero-order valence-electron chi connectivity index (χ0n) is 14.2. The van der Waals surface area contributed by atoms with Gasteiger partial charge in [-0.25, -0.2) is 9.38 Å². The Morgan fingerprint density at radius 1 is 1.27 bits per heavy atom. The van der Waals surface area contributed by atoms with E-state index in [-0.39, 0.29) is 23.9 Å². The number of aliphatic imine (C=N–C) groups is 1. The third-order valence-corrected chi connectivity index (χ3v) is 3.85. The van der Waals surface area contributed by atoms with Crippen molar-refractivity contribution in [3.05, 3.63) is 65.5 Å². The Labute approximate surface area is 150 Å². The first-order valence-electron chi connectivity index (χ1n) is 8.23. The van der Waals surface area contributed by atoms with Crippen molar-refractivity contribution in [2.45, 2.75) is 19.4 Å². The number of hydrogen-bond acceptors (Lipinski definition) is 4. The maximum Gasteiger partial charge on any atom is 0.260 e. The zero-order chi connectivity index (χ0) is 18.5. The van der Waals surface area contributed by atoms with Crippen molar-refractivity contribution < 1.29 is 18.7 Å². The lowest BCUT2D eigenvalue weighted by molar-refractivity contribution is -0.120. The highest BCUT2D eigenvalue weighted by Gasteiger charge is 2.24. The maximum absolute atomic E-state index is 13.7. The number of amides is 2. The van der Waals surface area contributed by atoms with E-state index in [1.54, 1.807) is 18.2 Å². The third kappa shape index (κ3) is 4.05. The summed E-state index contributed by atoms with van der Waals surface area (Å²) in [5, 5.41) is 4.95. The van der Waals surface area contributed by atoms with Crippen LogP contribution in [0, 0.1) is 5.82 Å². The first-order chi connectivity index (χ1) is 12.6. The molecule has 1 atom stereocenters. The molecule has 0 spiro atoms. The molecule has 0 bridgehead atoms. The first-order valence-corrected chi connectivity index (χ1v) is 8.23. The van der Waals surface area contributed by atoms with Gasteiger partial charge >= 0.3 is 0 Å². The van der Waals surface area contributed by atoms with Gasteiger partial charge in [0, 0.05) is 0 Å². The quantitative estimate of drug-likeness (QED) is 0.885. The second-order valence-electron chi connectivity index (χ2n) is 5.68. The molecule has 1 unspecified atom stereocenters. The topological polar surface area (TPSA) is 79.8 Å². The van der Waals surface area contributed by atoms with Crippen molar-refractivity contribution in [2.24, 2.45) is 4.99 Å². The van der Waals surface area contributed by atoms with E-state index < -0.39 is 17.8 Å². The van der Waals surface area contributed by atoms with E-state index in [0.29, 0.717) is 6.61 Å². The number of hydrogen-bond donors (Lipinski definition) is 2. The minimum absolute atomic E-state index is 0.00777. The van der Waals surface area contributed by atoms with Gasteiger partial charge in [0.1, 0.15) is 11.6 Å². The van der Waals surface area contributed by atoms with Gasteiger partial charge in [-0.1, -0.05) is 24.3 Å². The van der Waals surface area contributed by atoms with E-state index in [1.165, 1.54) is 18.2 Å². The molecule has 2 N–H and O–H groups in total. The molecule has 6 nitrogen and oxygen atoms in total. The van der Waals surface area contributed by atoms with Gasteiger partial charge < -0.3 is 4.74 Å². The molecule has 0 fully saturated rings. The molecule has 0 radical (unpaired) electrons. The Hall–Kier alpha value is -3.22. The summed E-state index contributed by atoms with van der Waals surface area (Å²) in [5.74, 6) is -0.852. The van der Waals surface area contributed by atoms with Crippen molar-refractivity contribution in [1.29, 1.82) is 0 Å². The van der Waals surface area contributed by atoms with E-state index in [2.05, 4.69) is 15.6 Å². The lowest BCUT2D eigenvalue weighted by Gasteiger charge is -2.21. The Kier molecular flexibility index (Phi) is 5.26. The number of carbonyl (C=O) groups is 2. The van der Waals surface area contributed by atoms with Gasteiger partial charge in [0.2, 0.25) is 11.9 Å². The van der Waals surface area contributed by atoms with Crippen molar-refractivity contribution in [3.8, 4) is 5.75 Å². The van der Waals surface area contributed by atoms with Crippen LogP contribution in [0.2, 0.25) is 0 Å². The van der Waals surface area contributed by atoms with Crippen LogP contribution in [0.5, 0.6) is 5.75 Å². The van der Waals surface area contributed by atoms with Crippen molar-refractivity contribution >= 4 is 17.8 Å². The SMILES string of the molecule is CCOc1ccc(C2CC(=O)NC(NC(=O)c3ccccc3F)=N2)cc1. The predicted octanol–water partition coefficient (Wildman–Crippen LogP) is 2.57. The van der Waals surface area contributed by atoms with Gasteiger partial charge in [-0.05, 0) is 36.8 Å². The number of rotatable bonds is 4. The summed E-state index contributed by atoms with van der Waals surface area (Å²) in [6.45, 7) is 2.46. The molecule has 3 rings (SSSR count). The predicted molar refractivity (Wildman–Crippen MR) is 94.4 cm³/mol. The van der Waals surface area contributed by atoms with Crippen molar-refractivity contribution in [2.75, 3.05) is 6.61 Å². The highest BCUT2D eigenvalue weighted by atomic mass is 19.1. The van der Waals surface area contributed by atoms with Crippen LogP contribution in [0.15, 0.2) is 53.5 Å². The number of halogens is 1. The summed E-state index contributed by atoms with van der Waals surface area (Å²) in [5.41, 5.74) is 0.702. The van der Waals surface area contributed by atoms with Crippen LogP contribution >= 0.6 is 0 Å². The molecule has 134 valence electrons. The van der Waals surface area contributed by atoms with E-state index in [9.17, 15) is 14.0 Å². The monoisotopic (exact) mass is 355 g/mol.